The van der Waals surface area contributed by atoms with Crippen LogP contribution in [0, 0.1) is 0 Å². The van der Waals surface area contributed by atoms with E-state index in [-0.39, 0.29) is 0 Å². The minimum Gasteiger partial charge on any atom is -0.224 e. The van der Waals surface area contributed by atoms with E-state index in [4.69, 9.17) is 11.6 Å². The van der Waals surface area contributed by atoms with Crippen LogP contribution in [-0.2, 0) is 0 Å². The molecule has 3 rings (SSSR count). The summed E-state index contributed by atoms with van der Waals surface area (Å²) in [7, 11) is 0. The van der Waals surface area contributed by atoms with Gasteiger partial charge in [-0.3, -0.25) is 0 Å². The first-order valence-corrected chi connectivity index (χ1v) is 6.19. The number of fused-ring (bicyclic) bond motifs is 1. The monoisotopic (exact) mass is 245 g/mol. The molecular formula is C13H8ClNS. The summed E-state index contributed by atoms with van der Waals surface area (Å²) < 4.78 is 0. The van der Waals surface area contributed by atoms with Crippen LogP contribution in [0.2, 0.25) is 5.15 Å². The highest BCUT2D eigenvalue weighted by Crippen LogP contribution is 2.28. The van der Waals surface area contributed by atoms with Gasteiger partial charge >= 0.3 is 0 Å². The molecule has 0 unspecified atom stereocenters. The fourth-order valence-electron chi connectivity index (χ4n) is 1.71. The third-order valence-corrected chi connectivity index (χ3v) is 3.69. The van der Waals surface area contributed by atoms with Crippen molar-refractivity contribution in [2.45, 2.75) is 0 Å². The van der Waals surface area contributed by atoms with E-state index in [1.807, 2.05) is 17.5 Å². The second kappa shape index (κ2) is 3.89. The number of hydrogen-bond donors (Lipinski definition) is 0. The zero-order valence-electron chi connectivity index (χ0n) is 8.35. The predicted molar refractivity (Wildman–Crippen MR) is 70.1 cm³/mol. The zero-order chi connectivity index (χ0) is 11.0. The summed E-state index contributed by atoms with van der Waals surface area (Å²) in [5.41, 5.74) is 1.12. The van der Waals surface area contributed by atoms with Crippen molar-refractivity contribution in [3.05, 3.63) is 53.0 Å². The van der Waals surface area contributed by atoms with Crippen LogP contribution in [0.15, 0.2) is 47.8 Å². The number of hydrogen-bond acceptors (Lipinski definition) is 2. The van der Waals surface area contributed by atoms with Gasteiger partial charge in [-0.1, -0.05) is 48.0 Å². The van der Waals surface area contributed by atoms with E-state index >= 15 is 0 Å². The smallest absolute Gasteiger partial charge is 0.140 e. The number of halogens is 1. The van der Waals surface area contributed by atoms with Gasteiger partial charge in [0.05, 0.1) is 0 Å². The molecule has 0 aliphatic rings. The highest BCUT2D eigenvalue weighted by atomic mass is 35.5. The van der Waals surface area contributed by atoms with Gasteiger partial charge in [0.15, 0.2) is 0 Å². The van der Waals surface area contributed by atoms with Gasteiger partial charge in [-0.05, 0) is 16.8 Å². The van der Waals surface area contributed by atoms with Crippen LogP contribution < -0.4 is 0 Å². The lowest BCUT2D eigenvalue weighted by molar-refractivity contribution is 1.42. The topological polar surface area (TPSA) is 12.9 Å². The highest BCUT2D eigenvalue weighted by Gasteiger charge is 2.03. The van der Waals surface area contributed by atoms with E-state index in [1.54, 1.807) is 11.3 Å². The van der Waals surface area contributed by atoms with Crippen LogP contribution in [-0.4, -0.2) is 4.98 Å². The Bertz CT molecular complexity index is 645. The minimum atomic E-state index is 0.563. The van der Waals surface area contributed by atoms with Crippen molar-refractivity contribution in [3.8, 4) is 10.6 Å². The van der Waals surface area contributed by atoms with Gasteiger partial charge in [0.1, 0.15) is 10.2 Å². The van der Waals surface area contributed by atoms with Crippen LogP contribution in [0.1, 0.15) is 0 Å². The Morgan fingerprint density at radius 1 is 1.00 bits per heavy atom. The Morgan fingerprint density at radius 2 is 1.81 bits per heavy atom. The predicted octanol–water partition coefficient (Wildman–Crippen LogP) is 4.62. The van der Waals surface area contributed by atoms with E-state index < -0.39 is 0 Å². The fraction of sp³-hybridized carbons (Fsp3) is 0. The SMILES string of the molecule is Clc1csc(-c2ccc3ccccc3c2)n1. The molecule has 1 heterocycles. The zero-order valence-corrected chi connectivity index (χ0v) is 9.92. The summed E-state index contributed by atoms with van der Waals surface area (Å²) in [5.74, 6) is 0. The summed E-state index contributed by atoms with van der Waals surface area (Å²) >= 11 is 7.40. The molecule has 0 aliphatic heterocycles. The average Bonchev–Trinajstić information content (AvgIpc) is 2.75. The molecule has 0 spiro atoms. The van der Waals surface area contributed by atoms with Crippen molar-refractivity contribution in [1.29, 1.82) is 0 Å². The molecule has 0 amide bonds. The van der Waals surface area contributed by atoms with E-state index in [2.05, 4.69) is 35.3 Å². The highest BCUT2D eigenvalue weighted by molar-refractivity contribution is 7.13. The summed E-state index contributed by atoms with van der Waals surface area (Å²) in [4.78, 5) is 4.27. The molecular weight excluding hydrogens is 238 g/mol. The second-order valence-electron chi connectivity index (χ2n) is 3.54. The number of thiazole rings is 1. The van der Waals surface area contributed by atoms with E-state index in [0.29, 0.717) is 5.15 Å². The average molecular weight is 246 g/mol. The van der Waals surface area contributed by atoms with Gasteiger partial charge in [0.2, 0.25) is 0 Å². The lowest BCUT2D eigenvalue weighted by Crippen LogP contribution is -1.77. The summed E-state index contributed by atoms with van der Waals surface area (Å²) in [6.07, 6.45) is 0. The van der Waals surface area contributed by atoms with Gasteiger partial charge in [-0.25, -0.2) is 4.98 Å². The number of rotatable bonds is 1. The number of nitrogens with zero attached hydrogens (tertiary/aromatic N) is 1. The Hall–Kier alpha value is -1.38. The third-order valence-electron chi connectivity index (χ3n) is 2.47. The first-order valence-electron chi connectivity index (χ1n) is 4.93. The van der Waals surface area contributed by atoms with E-state index in [9.17, 15) is 0 Å². The van der Waals surface area contributed by atoms with Crippen molar-refractivity contribution in [1.82, 2.24) is 4.98 Å². The summed E-state index contributed by atoms with van der Waals surface area (Å²) in [6.45, 7) is 0. The first kappa shape index (κ1) is 9.82. The third kappa shape index (κ3) is 1.70. The lowest BCUT2D eigenvalue weighted by Gasteiger charge is -2.00. The Morgan fingerprint density at radius 3 is 2.56 bits per heavy atom. The molecule has 16 heavy (non-hydrogen) atoms. The van der Waals surface area contributed by atoms with Gasteiger partial charge in [0.25, 0.3) is 0 Å². The van der Waals surface area contributed by atoms with Crippen molar-refractivity contribution >= 4 is 33.7 Å². The Labute approximate surface area is 102 Å². The number of aromatic nitrogens is 1. The van der Waals surface area contributed by atoms with E-state index in [0.717, 1.165) is 10.6 Å². The maximum atomic E-state index is 5.83. The molecule has 0 aliphatic carbocycles. The van der Waals surface area contributed by atoms with Gasteiger partial charge in [-0.15, -0.1) is 11.3 Å². The summed E-state index contributed by atoms with van der Waals surface area (Å²) in [6, 6.07) is 14.6. The molecule has 3 aromatic rings. The van der Waals surface area contributed by atoms with Crippen molar-refractivity contribution in [2.75, 3.05) is 0 Å². The maximum absolute atomic E-state index is 5.83. The molecule has 0 atom stereocenters. The van der Waals surface area contributed by atoms with Crippen molar-refractivity contribution < 1.29 is 0 Å². The van der Waals surface area contributed by atoms with Crippen LogP contribution in [0.4, 0.5) is 0 Å². The fourth-order valence-corrected chi connectivity index (χ4v) is 2.65. The van der Waals surface area contributed by atoms with E-state index in [1.165, 1.54) is 10.8 Å². The molecule has 2 aromatic carbocycles. The molecule has 0 saturated carbocycles. The molecule has 0 fully saturated rings. The molecule has 1 aromatic heterocycles. The van der Waals surface area contributed by atoms with Crippen LogP contribution in [0.3, 0.4) is 0 Å². The van der Waals surface area contributed by atoms with Gasteiger partial charge in [-0.2, -0.15) is 0 Å². The van der Waals surface area contributed by atoms with Crippen molar-refractivity contribution in [2.24, 2.45) is 0 Å². The normalized spacial score (nSPS) is 10.8. The largest absolute Gasteiger partial charge is 0.224 e. The van der Waals surface area contributed by atoms with Gasteiger partial charge < -0.3 is 0 Å². The lowest BCUT2D eigenvalue weighted by atomic mass is 10.1. The van der Waals surface area contributed by atoms with Crippen molar-refractivity contribution in [3.63, 3.8) is 0 Å². The minimum absolute atomic E-state index is 0.563. The second-order valence-corrected chi connectivity index (χ2v) is 4.78. The Kier molecular flexibility index (Phi) is 2.39. The quantitative estimate of drug-likeness (QED) is 0.610. The standard InChI is InChI=1S/C13H8ClNS/c14-12-8-16-13(15-12)11-6-5-9-3-1-2-4-10(9)7-11/h1-8H. The Balaban J connectivity index is 2.18. The molecule has 78 valence electrons. The first-order chi connectivity index (χ1) is 7.83. The maximum Gasteiger partial charge on any atom is 0.140 e. The molecule has 0 saturated heterocycles. The van der Waals surface area contributed by atoms with Crippen LogP contribution in [0.25, 0.3) is 21.3 Å². The molecule has 3 heteroatoms. The molecule has 1 nitrogen and oxygen atoms in total. The molecule has 0 radical (unpaired) electrons. The van der Waals surface area contributed by atoms with Crippen LogP contribution in [0.5, 0.6) is 0 Å². The number of benzene rings is 2. The molecule has 0 bridgehead atoms. The molecule has 0 N–H and O–H groups in total. The summed E-state index contributed by atoms with van der Waals surface area (Å²) in [5, 5.41) is 5.86. The van der Waals surface area contributed by atoms with Gasteiger partial charge in [0, 0.05) is 10.9 Å². The van der Waals surface area contributed by atoms with Crippen LogP contribution >= 0.6 is 22.9 Å².